The first kappa shape index (κ1) is 21.5. The van der Waals surface area contributed by atoms with E-state index in [1.165, 1.54) is 17.2 Å². The van der Waals surface area contributed by atoms with Crippen LogP contribution in [0.25, 0.3) is 11.3 Å². The maximum atomic E-state index is 12.3. The molecule has 1 aromatic heterocycles. The molecule has 156 valence electrons. The highest BCUT2D eigenvalue weighted by Crippen LogP contribution is 2.21. The van der Waals surface area contributed by atoms with Crippen LogP contribution in [-0.4, -0.2) is 46.8 Å². The molecule has 0 radical (unpaired) electrons. The number of rotatable bonds is 7. The number of piperidine rings is 1. The largest absolute Gasteiger partial charge is 0.354 e. The summed E-state index contributed by atoms with van der Waals surface area (Å²) < 4.78 is 1.20. The Kier molecular flexibility index (Phi) is 7.45. The van der Waals surface area contributed by atoms with Crippen molar-refractivity contribution in [1.29, 1.82) is 0 Å². The summed E-state index contributed by atoms with van der Waals surface area (Å²) >= 11 is 5.92. The standard InChI is InChI=1S/C22H29ClN4O2/c1-16-12-17(2)14-26(13-16)11-3-10-24-21(28)15-27-22(29)9-8-20(25-27)18-4-6-19(23)7-5-18/h4-9,16-17H,3,10-15H2,1-2H3,(H,24,28)/t16-,17-/m1/s1. The van der Waals surface area contributed by atoms with Crippen LogP contribution in [0.3, 0.4) is 0 Å². The molecule has 1 fully saturated rings. The molecular formula is C22H29ClN4O2. The molecule has 1 saturated heterocycles. The predicted octanol–water partition coefficient (Wildman–Crippen LogP) is 3.05. The van der Waals surface area contributed by atoms with E-state index in [0.29, 0.717) is 17.3 Å². The number of nitrogens with zero attached hydrogens (tertiary/aromatic N) is 3. The zero-order valence-electron chi connectivity index (χ0n) is 17.1. The molecule has 1 N–H and O–H groups in total. The van der Waals surface area contributed by atoms with E-state index in [2.05, 4.69) is 29.2 Å². The van der Waals surface area contributed by atoms with Crippen molar-refractivity contribution in [3.05, 3.63) is 51.8 Å². The van der Waals surface area contributed by atoms with E-state index in [1.807, 2.05) is 12.1 Å². The fourth-order valence-corrected chi connectivity index (χ4v) is 4.16. The number of carbonyl (C=O) groups excluding carboxylic acids is 1. The van der Waals surface area contributed by atoms with Crippen molar-refractivity contribution in [2.75, 3.05) is 26.2 Å². The molecule has 0 unspecified atom stereocenters. The van der Waals surface area contributed by atoms with Gasteiger partial charge in [-0.3, -0.25) is 9.59 Å². The lowest BCUT2D eigenvalue weighted by molar-refractivity contribution is -0.121. The Bertz CT molecular complexity index is 871. The van der Waals surface area contributed by atoms with Crippen LogP contribution in [0.2, 0.25) is 5.02 Å². The van der Waals surface area contributed by atoms with E-state index in [1.54, 1.807) is 18.2 Å². The van der Waals surface area contributed by atoms with Gasteiger partial charge in [-0.15, -0.1) is 0 Å². The molecule has 0 bridgehead atoms. The van der Waals surface area contributed by atoms with Gasteiger partial charge in [0, 0.05) is 36.3 Å². The second kappa shape index (κ2) is 10.0. The highest BCUT2D eigenvalue weighted by Gasteiger charge is 2.21. The van der Waals surface area contributed by atoms with E-state index in [4.69, 9.17) is 11.6 Å². The van der Waals surface area contributed by atoms with Gasteiger partial charge in [0.05, 0.1) is 5.69 Å². The lowest BCUT2D eigenvalue weighted by atomic mass is 9.92. The quantitative estimate of drug-likeness (QED) is 0.704. The number of hydrogen-bond donors (Lipinski definition) is 1. The van der Waals surface area contributed by atoms with E-state index >= 15 is 0 Å². The van der Waals surface area contributed by atoms with Crippen LogP contribution in [0.15, 0.2) is 41.2 Å². The molecule has 1 aromatic carbocycles. The molecule has 2 aromatic rings. The fourth-order valence-electron chi connectivity index (χ4n) is 4.03. The van der Waals surface area contributed by atoms with E-state index in [9.17, 15) is 9.59 Å². The molecule has 3 rings (SSSR count). The van der Waals surface area contributed by atoms with Crippen molar-refractivity contribution in [3.8, 4) is 11.3 Å². The monoisotopic (exact) mass is 416 g/mol. The average Bonchev–Trinajstić information content (AvgIpc) is 2.67. The third-order valence-corrected chi connectivity index (χ3v) is 5.47. The Morgan fingerprint density at radius 2 is 1.83 bits per heavy atom. The molecule has 1 aliphatic heterocycles. The Morgan fingerprint density at radius 3 is 2.52 bits per heavy atom. The summed E-state index contributed by atoms with van der Waals surface area (Å²) in [6.45, 7) is 8.37. The lowest BCUT2D eigenvalue weighted by Gasteiger charge is -2.34. The van der Waals surface area contributed by atoms with Crippen molar-refractivity contribution < 1.29 is 4.79 Å². The number of halogens is 1. The molecule has 1 aliphatic rings. The molecule has 0 spiro atoms. The van der Waals surface area contributed by atoms with Gasteiger partial charge in [0.25, 0.3) is 5.56 Å². The van der Waals surface area contributed by atoms with E-state index < -0.39 is 0 Å². The number of hydrogen-bond acceptors (Lipinski definition) is 4. The second-order valence-corrected chi connectivity index (χ2v) is 8.57. The first-order chi connectivity index (χ1) is 13.9. The lowest BCUT2D eigenvalue weighted by Crippen LogP contribution is -2.40. The molecule has 6 nitrogen and oxygen atoms in total. The Balaban J connectivity index is 1.49. The topological polar surface area (TPSA) is 67.2 Å². The molecule has 7 heteroatoms. The Labute approximate surface area is 176 Å². The SMILES string of the molecule is C[C@@H]1C[C@@H](C)CN(CCCNC(=O)Cn2nc(-c3ccc(Cl)cc3)ccc2=O)C1. The molecule has 0 saturated carbocycles. The van der Waals surface area contributed by atoms with Crippen molar-refractivity contribution >= 4 is 17.5 Å². The summed E-state index contributed by atoms with van der Waals surface area (Å²) in [5.41, 5.74) is 1.17. The maximum absolute atomic E-state index is 12.3. The number of nitrogens with one attached hydrogen (secondary N) is 1. The van der Waals surface area contributed by atoms with Crippen LogP contribution in [0, 0.1) is 11.8 Å². The maximum Gasteiger partial charge on any atom is 0.267 e. The van der Waals surface area contributed by atoms with E-state index in [-0.39, 0.29) is 18.0 Å². The number of likely N-dealkylation sites (tertiary alicyclic amines) is 1. The first-order valence-corrected chi connectivity index (χ1v) is 10.6. The molecule has 2 heterocycles. The third-order valence-electron chi connectivity index (χ3n) is 5.22. The molecule has 2 atom stereocenters. The van der Waals surface area contributed by atoms with Crippen LogP contribution >= 0.6 is 11.6 Å². The zero-order valence-corrected chi connectivity index (χ0v) is 17.9. The van der Waals surface area contributed by atoms with Crippen molar-refractivity contribution in [1.82, 2.24) is 20.0 Å². The summed E-state index contributed by atoms with van der Waals surface area (Å²) in [6, 6.07) is 10.3. The van der Waals surface area contributed by atoms with Gasteiger partial charge in [0.15, 0.2) is 0 Å². The first-order valence-electron chi connectivity index (χ1n) is 10.2. The Hall–Kier alpha value is -2.18. The third kappa shape index (κ3) is 6.41. The molecule has 0 aliphatic carbocycles. The number of amides is 1. The summed E-state index contributed by atoms with van der Waals surface area (Å²) in [7, 11) is 0. The Morgan fingerprint density at radius 1 is 1.14 bits per heavy atom. The van der Waals surface area contributed by atoms with Crippen molar-refractivity contribution in [2.24, 2.45) is 11.8 Å². The summed E-state index contributed by atoms with van der Waals surface area (Å²) in [6.07, 6.45) is 2.20. The van der Waals surface area contributed by atoms with Crippen LogP contribution in [0.5, 0.6) is 0 Å². The van der Waals surface area contributed by atoms with Crippen LogP contribution in [0.4, 0.5) is 0 Å². The van der Waals surface area contributed by atoms with Crippen LogP contribution < -0.4 is 10.9 Å². The van der Waals surface area contributed by atoms with Crippen LogP contribution in [-0.2, 0) is 11.3 Å². The van der Waals surface area contributed by atoms with Gasteiger partial charge >= 0.3 is 0 Å². The summed E-state index contributed by atoms with van der Waals surface area (Å²) in [5, 5.41) is 7.86. The van der Waals surface area contributed by atoms with Crippen molar-refractivity contribution in [3.63, 3.8) is 0 Å². The molecule has 29 heavy (non-hydrogen) atoms. The minimum absolute atomic E-state index is 0.0853. The highest BCUT2D eigenvalue weighted by molar-refractivity contribution is 6.30. The van der Waals surface area contributed by atoms with Crippen molar-refractivity contribution in [2.45, 2.75) is 33.2 Å². The highest BCUT2D eigenvalue weighted by atomic mass is 35.5. The number of carbonyl (C=O) groups is 1. The zero-order chi connectivity index (χ0) is 20.8. The second-order valence-electron chi connectivity index (χ2n) is 8.13. The van der Waals surface area contributed by atoms with Gasteiger partial charge in [-0.25, -0.2) is 4.68 Å². The van der Waals surface area contributed by atoms with E-state index in [0.717, 1.165) is 43.5 Å². The van der Waals surface area contributed by atoms with Gasteiger partial charge in [-0.2, -0.15) is 5.10 Å². The summed E-state index contributed by atoms with van der Waals surface area (Å²) in [4.78, 5) is 26.8. The van der Waals surface area contributed by atoms with Crippen LogP contribution in [0.1, 0.15) is 26.7 Å². The minimum Gasteiger partial charge on any atom is -0.354 e. The summed E-state index contributed by atoms with van der Waals surface area (Å²) in [5.74, 6) is 1.27. The van der Waals surface area contributed by atoms with Gasteiger partial charge in [-0.05, 0) is 49.4 Å². The smallest absolute Gasteiger partial charge is 0.267 e. The van der Waals surface area contributed by atoms with Gasteiger partial charge in [-0.1, -0.05) is 37.6 Å². The average molecular weight is 417 g/mol. The van der Waals surface area contributed by atoms with Gasteiger partial charge in [0.2, 0.25) is 5.91 Å². The minimum atomic E-state index is -0.297. The molecule has 1 amide bonds. The van der Waals surface area contributed by atoms with Gasteiger partial charge < -0.3 is 10.2 Å². The normalized spacial score (nSPS) is 19.8. The fraction of sp³-hybridized carbons (Fsp3) is 0.500. The number of benzene rings is 1. The van der Waals surface area contributed by atoms with Gasteiger partial charge in [0.1, 0.15) is 6.54 Å². The predicted molar refractivity (Wildman–Crippen MR) is 116 cm³/mol. The molecular weight excluding hydrogens is 388 g/mol. The number of aromatic nitrogens is 2.